The molecule has 0 N–H and O–H groups in total. The molecular formula is C12H14N2O. The van der Waals surface area contributed by atoms with Gasteiger partial charge in [-0.15, -0.1) is 0 Å². The van der Waals surface area contributed by atoms with Gasteiger partial charge in [0.1, 0.15) is 0 Å². The van der Waals surface area contributed by atoms with Gasteiger partial charge in [-0.3, -0.25) is 0 Å². The van der Waals surface area contributed by atoms with E-state index in [2.05, 4.69) is 35.8 Å². The standard InChI is InChI=1S/C12H14N2O/c1-9-10(7-8-13-15)11-5-3-4-6-12(11)14(9)2/h3-6H,7-8H2,1-2H3. The molecule has 15 heavy (non-hydrogen) atoms. The van der Waals surface area contributed by atoms with Gasteiger partial charge in [-0.2, -0.15) is 4.91 Å². The average Bonchev–Trinajstić information content (AvgIpc) is 2.51. The van der Waals surface area contributed by atoms with Gasteiger partial charge < -0.3 is 4.57 Å². The van der Waals surface area contributed by atoms with Crippen LogP contribution in [0, 0.1) is 11.8 Å². The van der Waals surface area contributed by atoms with Crippen LogP contribution in [0.1, 0.15) is 11.3 Å². The van der Waals surface area contributed by atoms with E-state index in [4.69, 9.17) is 0 Å². The summed E-state index contributed by atoms with van der Waals surface area (Å²) in [6, 6.07) is 8.26. The van der Waals surface area contributed by atoms with Gasteiger partial charge in [-0.1, -0.05) is 23.4 Å². The zero-order valence-electron chi connectivity index (χ0n) is 9.03. The van der Waals surface area contributed by atoms with Gasteiger partial charge in [-0.05, 0) is 25.0 Å². The first kappa shape index (κ1) is 9.90. The van der Waals surface area contributed by atoms with Crippen molar-refractivity contribution in [2.75, 3.05) is 6.54 Å². The third-order valence-electron chi connectivity index (χ3n) is 2.98. The number of rotatable bonds is 3. The highest BCUT2D eigenvalue weighted by molar-refractivity contribution is 5.85. The second-order valence-corrected chi connectivity index (χ2v) is 3.74. The molecule has 0 radical (unpaired) electrons. The van der Waals surface area contributed by atoms with Crippen molar-refractivity contribution in [3.8, 4) is 0 Å². The predicted molar refractivity (Wildman–Crippen MR) is 62.0 cm³/mol. The van der Waals surface area contributed by atoms with Crippen molar-refractivity contribution in [3.05, 3.63) is 40.4 Å². The fourth-order valence-electron chi connectivity index (χ4n) is 2.07. The second kappa shape index (κ2) is 3.85. The highest BCUT2D eigenvalue weighted by atomic mass is 16.3. The first-order valence-electron chi connectivity index (χ1n) is 5.07. The highest BCUT2D eigenvalue weighted by Crippen LogP contribution is 2.24. The van der Waals surface area contributed by atoms with Crippen LogP contribution in [0.15, 0.2) is 29.4 Å². The number of aryl methyl sites for hydroxylation is 1. The fraction of sp³-hybridized carbons (Fsp3) is 0.333. The Morgan fingerprint density at radius 2 is 2.07 bits per heavy atom. The van der Waals surface area contributed by atoms with Crippen molar-refractivity contribution in [2.45, 2.75) is 13.3 Å². The molecule has 2 rings (SSSR count). The summed E-state index contributed by atoms with van der Waals surface area (Å²) in [6.07, 6.45) is 0.733. The van der Waals surface area contributed by atoms with Crippen LogP contribution in [0.5, 0.6) is 0 Å². The van der Waals surface area contributed by atoms with E-state index in [9.17, 15) is 4.91 Å². The number of aromatic nitrogens is 1. The Balaban J connectivity index is 2.61. The van der Waals surface area contributed by atoms with E-state index in [-0.39, 0.29) is 0 Å². The number of nitroso groups, excluding NO2 is 1. The summed E-state index contributed by atoms with van der Waals surface area (Å²) in [7, 11) is 2.05. The molecule has 0 saturated heterocycles. The minimum Gasteiger partial charge on any atom is -0.348 e. The summed E-state index contributed by atoms with van der Waals surface area (Å²) < 4.78 is 2.16. The van der Waals surface area contributed by atoms with Gasteiger partial charge in [0, 0.05) is 23.6 Å². The number of hydrogen-bond acceptors (Lipinski definition) is 2. The number of benzene rings is 1. The molecule has 1 aromatic heterocycles. The summed E-state index contributed by atoms with van der Waals surface area (Å²) in [5, 5.41) is 4.17. The van der Waals surface area contributed by atoms with Gasteiger partial charge in [-0.25, -0.2) is 0 Å². The van der Waals surface area contributed by atoms with Crippen LogP contribution in [0.25, 0.3) is 10.9 Å². The maximum Gasteiger partial charge on any atom is 0.0852 e. The summed E-state index contributed by atoms with van der Waals surface area (Å²) in [6.45, 7) is 2.44. The lowest BCUT2D eigenvalue weighted by molar-refractivity contribution is 0.881. The third-order valence-corrected chi connectivity index (χ3v) is 2.98. The van der Waals surface area contributed by atoms with Crippen molar-refractivity contribution in [3.63, 3.8) is 0 Å². The SMILES string of the molecule is Cc1c(CCN=O)c2ccccc2n1C. The maximum absolute atomic E-state index is 10.2. The van der Waals surface area contributed by atoms with Gasteiger partial charge in [0.05, 0.1) is 6.54 Å². The first-order chi connectivity index (χ1) is 7.25. The van der Waals surface area contributed by atoms with Gasteiger partial charge in [0.25, 0.3) is 0 Å². The number of nitrogens with zero attached hydrogens (tertiary/aromatic N) is 2. The van der Waals surface area contributed by atoms with Crippen molar-refractivity contribution in [2.24, 2.45) is 12.2 Å². The van der Waals surface area contributed by atoms with Crippen molar-refractivity contribution < 1.29 is 0 Å². The Labute approximate surface area is 88.7 Å². The predicted octanol–water partition coefficient (Wildman–Crippen LogP) is 2.80. The molecule has 0 aliphatic heterocycles. The van der Waals surface area contributed by atoms with Crippen LogP contribution in [0.3, 0.4) is 0 Å². The molecule has 0 aliphatic carbocycles. The van der Waals surface area contributed by atoms with Crippen LogP contribution in [-0.4, -0.2) is 11.1 Å². The molecule has 3 nitrogen and oxygen atoms in total. The molecule has 0 bridgehead atoms. The third kappa shape index (κ3) is 1.54. The zero-order chi connectivity index (χ0) is 10.8. The average molecular weight is 202 g/mol. The first-order valence-corrected chi connectivity index (χ1v) is 5.07. The molecule has 3 heteroatoms. The topological polar surface area (TPSA) is 34.4 Å². The van der Waals surface area contributed by atoms with Crippen LogP contribution >= 0.6 is 0 Å². The Morgan fingerprint density at radius 1 is 1.33 bits per heavy atom. The highest BCUT2D eigenvalue weighted by Gasteiger charge is 2.10. The van der Waals surface area contributed by atoms with Crippen molar-refractivity contribution in [1.29, 1.82) is 0 Å². The van der Waals surface area contributed by atoms with E-state index in [1.54, 1.807) is 0 Å². The van der Waals surface area contributed by atoms with Crippen LogP contribution in [0.2, 0.25) is 0 Å². The molecule has 2 aromatic rings. The van der Waals surface area contributed by atoms with E-state index in [0.29, 0.717) is 6.54 Å². The van der Waals surface area contributed by atoms with E-state index >= 15 is 0 Å². The number of para-hydroxylation sites is 1. The Hall–Kier alpha value is -1.64. The maximum atomic E-state index is 10.2. The zero-order valence-corrected chi connectivity index (χ0v) is 9.03. The normalized spacial score (nSPS) is 10.8. The van der Waals surface area contributed by atoms with Crippen LogP contribution < -0.4 is 0 Å². The van der Waals surface area contributed by atoms with Crippen molar-refractivity contribution in [1.82, 2.24) is 4.57 Å². The smallest absolute Gasteiger partial charge is 0.0852 e. The summed E-state index contributed by atoms with van der Waals surface area (Å²) >= 11 is 0. The molecule has 0 amide bonds. The lowest BCUT2D eigenvalue weighted by Gasteiger charge is -1.98. The summed E-state index contributed by atoms with van der Waals surface area (Å²) in [5.41, 5.74) is 3.68. The quantitative estimate of drug-likeness (QED) is 0.705. The Morgan fingerprint density at radius 3 is 2.80 bits per heavy atom. The summed E-state index contributed by atoms with van der Waals surface area (Å²) in [4.78, 5) is 10.2. The van der Waals surface area contributed by atoms with E-state index in [1.807, 2.05) is 12.1 Å². The Kier molecular flexibility index (Phi) is 2.54. The van der Waals surface area contributed by atoms with Crippen LogP contribution in [0.4, 0.5) is 0 Å². The van der Waals surface area contributed by atoms with Gasteiger partial charge in [0.2, 0.25) is 0 Å². The van der Waals surface area contributed by atoms with Gasteiger partial charge in [0.15, 0.2) is 0 Å². The van der Waals surface area contributed by atoms with Gasteiger partial charge >= 0.3 is 0 Å². The minimum atomic E-state index is 0.356. The van der Waals surface area contributed by atoms with E-state index in [0.717, 1.165) is 6.42 Å². The second-order valence-electron chi connectivity index (χ2n) is 3.74. The van der Waals surface area contributed by atoms with Crippen molar-refractivity contribution >= 4 is 10.9 Å². The number of hydrogen-bond donors (Lipinski definition) is 0. The minimum absolute atomic E-state index is 0.356. The molecule has 0 spiro atoms. The monoisotopic (exact) mass is 202 g/mol. The molecule has 78 valence electrons. The largest absolute Gasteiger partial charge is 0.348 e. The van der Waals surface area contributed by atoms with E-state index in [1.165, 1.54) is 22.2 Å². The van der Waals surface area contributed by atoms with Crippen LogP contribution in [-0.2, 0) is 13.5 Å². The van der Waals surface area contributed by atoms with E-state index < -0.39 is 0 Å². The molecule has 0 fully saturated rings. The molecule has 0 saturated carbocycles. The molecule has 1 aromatic carbocycles. The molecule has 0 aliphatic rings. The number of fused-ring (bicyclic) bond motifs is 1. The molecule has 1 heterocycles. The fourth-order valence-corrected chi connectivity index (χ4v) is 2.07. The Bertz CT molecular complexity index is 500. The summed E-state index contributed by atoms with van der Waals surface area (Å²) in [5.74, 6) is 0. The molecular weight excluding hydrogens is 188 g/mol. The lowest BCUT2D eigenvalue weighted by Crippen LogP contribution is -1.94. The lowest BCUT2D eigenvalue weighted by atomic mass is 10.1. The molecule has 0 atom stereocenters. The molecule has 0 unspecified atom stereocenters.